The van der Waals surface area contributed by atoms with Crippen molar-refractivity contribution in [3.05, 3.63) is 68.3 Å². The second kappa shape index (κ2) is 14.8. The second-order valence-corrected chi connectivity index (χ2v) is 14.4. The molecule has 18 nitrogen and oxygen atoms in total. The number of carbonyl (C=O) groups excluding carboxylic acids is 3. The van der Waals surface area contributed by atoms with Gasteiger partial charge in [0.25, 0.3) is 5.56 Å². The van der Waals surface area contributed by atoms with Crippen LogP contribution in [0.5, 0.6) is 17.2 Å². The molecule has 296 valence electrons. The number of hydrogen-bond acceptors (Lipinski definition) is 16. The number of ketones is 3. The lowest BCUT2D eigenvalue weighted by Gasteiger charge is -2.42. The SMILES string of the molecule is COc1cccc2c1C(=O)c1c(O)c3c(c(O)c1C2=O)C[C@@](O)(C(=O)CO)C[C@@H]3OC1CC(/N=C/CCNc2nc3c(ncn3C(C)C)c(=O)[nH]2)C(O)C(C)O1. The normalized spacial score (nSPS) is 24.7. The Morgan fingerprint density at radius 2 is 1.93 bits per heavy atom. The van der Waals surface area contributed by atoms with E-state index in [2.05, 4.69) is 25.3 Å². The zero-order valence-corrected chi connectivity index (χ0v) is 31.0. The number of anilines is 1. The number of nitrogens with zero attached hydrogens (tertiary/aromatic N) is 4. The predicted molar refractivity (Wildman–Crippen MR) is 198 cm³/mol. The second-order valence-electron chi connectivity index (χ2n) is 14.4. The number of phenols is 2. The number of H-pyrrole nitrogens is 1. The summed E-state index contributed by atoms with van der Waals surface area (Å²) in [5, 5.41) is 58.7. The first-order valence-electron chi connectivity index (χ1n) is 18.1. The highest BCUT2D eigenvalue weighted by atomic mass is 16.7. The van der Waals surface area contributed by atoms with Crippen molar-refractivity contribution in [3.8, 4) is 17.2 Å². The van der Waals surface area contributed by atoms with Gasteiger partial charge in [-0.05, 0) is 33.3 Å². The number of fused-ring (bicyclic) bond motifs is 4. The number of nitrogens with one attached hydrogen (secondary N) is 2. The number of imidazole rings is 1. The molecule has 0 amide bonds. The molecule has 7 rings (SSSR count). The smallest absolute Gasteiger partial charge is 0.280 e. The number of phenolic OH excluding ortho intramolecular Hbond substituents is 2. The minimum Gasteiger partial charge on any atom is -0.507 e. The highest BCUT2D eigenvalue weighted by Crippen LogP contribution is 2.52. The van der Waals surface area contributed by atoms with E-state index in [4.69, 9.17) is 14.2 Å². The van der Waals surface area contributed by atoms with Gasteiger partial charge in [-0.25, -0.2) is 4.98 Å². The van der Waals surface area contributed by atoms with Crippen LogP contribution in [0.2, 0.25) is 0 Å². The topological polar surface area (TPSA) is 268 Å². The number of aliphatic imine (C=N–C) groups is 1. The third kappa shape index (κ3) is 6.52. The van der Waals surface area contributed by atoms with E-state index in [1.54, 1.807) is 24.0 Å². The van der Waals surface area contributed by atoms with Crippen LogP contribution in [-0.2, 0) is 20.7 Å². The number of aromatic nitrogens is 4. The first-order valence-corrected chi connectivity index (χ1v) is 18.1. The lowest BCUT2D eigenvalue weighted by molar-refractivity contribution is -0.247. The fourth-order valence-corrected chi connectivity index (χ4v) is 7.69. The number of benzene rings is 2. The van der Waals surface area contributed by atoms with E-state index in [1.165, 1.54) is 25.3 Å². The van der Waals surface area contributed by atoms with Crippen molar-refractivity contribution in [2.75, 3.05) is 25.6 Å². The van der Waals surface area contributed by atoms with Gasteiger partial charge in [0.1, 0.15) is 35.6 Å². The fourth-order valence-electron chi connectivity index (χ4n) is 7.69. The van der Waals surface area contributed by atoms with Gasteiger partial charge in [0, 0.05) is 54.8 Å². The molecule has 2 aliphatic carbocycles. The van der Waals surface area contributed by atoms with Crippen LogP contribution in [0.4, 0.5) is 5.95 Å². The maximum Gasteiger partial charge on any atom is 0.280 e. The fraction of sp³-hybridized carbons (Fsp3) is 0.447. The number of rotatable bonds is 11. The molecule has 1 saturated heterocycles. The van der Waals surface area contributed by atoms with Gasteiger partial charge in [0.2, 0.25) is 11.7 Å². The molecule has 2 aromatic carbocycles. The molecular formula is C38H42N6O12. The molecule has 0 radical (unpaired) electrons. The summed E-state index contributed by atoms with van der Waals surface area (Å²) >= 11 is 0. The Hall–Kier alpha value is -5.53. The molecule has 3 heterocycles. The maximum absolute atomic E-state index is 13.9. The number of aromatic hydroxyl groups is 2. The van der Waals surface area contributed by atoms with Crippen LogP contribution in [0.3, 0.4) is 0 Å². The van der Waals surface area contributed by atoms with Gasteiger partial charge in [0.05, 0.1) is 48.4 Å². The summed E-state index contributed by atoms with van der Waals surface area (Å²) in [6.45, 7) is 4.76. The summed E-state index contributed by atoms with van der Waals surface area (Å²) in [6.07, 6.45) is -2.11. The molecule has 4 aromatic rings. The third-order valence-electron chi connectivity index (χ3n) is 10.6. The van der Waals surface area contributed by atoms with E-state index in [-0.39, 0.29) is 57.5 Å². The summed E-state index contributed by atoms with van der Waals surface area (Å²) in [5.41, 5.74) is -3.57. The Balaban J connectivity index is 1.14. The molecular weight excluding hydrogens is 732 g/mol. The summed E-state index contributed by atoms with van der Waals surface area (Å²) < 4.78 is 19.4. The Kier molecular flexibility index (Phi) is 10.3. The Labute approximate surface area is 318 Å². The maximum atomic E-state index is 13.9. The van der Waals surface area contributed by atoms with Gasteiger partial charge in [-0.2, -0.15) is 4.98 Å². The number of methoxy groups -OCH3 is 1. The lowest BCUT2D eigenvalue weighted by Crippen LogP contribution is -2.50. The number of aromatic amines is 1. The van der Waals surface area contributed by atoms with Crippen LogP contribution in [0, 0.1) is 0 Å². The largest absolute Gasteiger partial charge is 0.507 e. The Morgan fingerprint density at radius 1 is 1.18 bits per heavy atom. The average Bonchev–Trinajstić information content (AvgIpc) is 3.61. The van der Waals surface area contributed by atoms with Crippen molar-refractivity contribution in [1.82, 2.24) is 19.5 Å². The summed E-state index contributed by atoms with van der Waals surface area (Å²) in [5.74, 6) is -3.68. The van der Waals surface area contributed by atoms with Crippen LogP contribution < -0.4 is 15.6 Å². The van der Waals surface area contributed by atoms with E-state index in [9.17, 15) is 44.7 Å². The van der Waals surface area contributed by atoms with Gasteiger partial charge >= 0.3 is 0 Å². The van der Waals surface area contributed by atoms with Crippen molar-refractivity contribution in [2.24, 2.45) is 4.99 Å². The van der Waals surface area contributed by atoms with Gasteiger partial charge in [-0.3, -0.25) is 29.2 Å². The van der Waals surface area contributed by atoms with E-state index < -0.39 is 95.7 Å². The molecule has 1 aliphatic heterocycles. The van der Waals surface area contributed by atoms with Crippen molar-refractivity contribution in [1.29, 1.82) is 0 Å². The first-order chi connectivity index (χ1) is 26.7. The van der Waals surface area contributed by atoms with E-state index >= 15 is 0 Å². The van der Waals surface area contributed by atoms with E-state index in [0.29, 0.717) is 18.6 Å². The number of aliphatic hydroxyl groups is 3. The Bertz CT molecular complexity index is 2340. The lowest BCUT2D eigenvalue weighted by atomic mass is 9.72. The zero-order valence-electron chi connectivity index (χ0n) is 31.0. The van der Waals surface area contributed by atoms with Crippen LogP contribution >= 0.6 is 0 Å². The summed E-state index contributed by atoms with van der Waals surface area (Å²) in [4.78, 5) is 69.0. The molecule has 56 heavy (non-hydrogen) atoms. The minimum absolute atomic E-state index is 0.0297. The van der Waals surface area contributed by atoms with Crippen molar-refractivity contribution in [3.63, 3.8) is 0 Å². The monoisotopic (exact) mass is 774 g/mol. The number of Topliss-reactive ketones (excluding diaryl/α,β-unsaturated/α-hetero) is 1. The van der Waals surface area contributed by atoms with Gasteiger partial charge in [0.15, 0.2) is 29.0 Å². The van der Waals surface area contributed by atoms with Crippen LogP contribution in [0.25, 0.3) is 11.2 Å². The molecule has 18 heteroatoms. The molecule has 0 spiro atoms. The predicted octanol–water partition coefficient (Wildman–Crippen LogP) is 1.63. The van der Waals surface area contributed by atoms with Gasteiger partial charge in [-0.15, -0.1) is 0 Å². The third-order valence-corrected chi connectivity index (χ3v) is 10.6. The van der Waals surface area contributed by atoms with E-state index in [1.807, 2.05) is 13.8 Å². The van der Waals surface area contributed by atoms with Crippen LogP contribution in [0.15, 0.2) is 34.3 Å². The molecule has 7 N–H and O–H groups in total. The van der Waals surface area contributed by atoms with Crippen molar-refractivity contribution in [2.45, 2.75) is 88.7 Å². The average molecular weight is 775 g/mol. The molecule has 0 saturated carbocycles. The molecule has 2 aromatic heterocycles. The van der Waals surface area contributed by atoms with Crippen LogP contribution in [0.1, 0.15) is 95.1 Å². The molecule has 1 fully saturated rings. The summed E-state index contributed by atoms with van der Waals surface area (Å²) in [7, 11) is 1.32. The highest BCUT2D eigenvalue weighted by Gasteiger charge is 2.50. The van der Waals surface area contributed by atoms with Crippen molar-refractivity contribution >= 4 is 40.7 Å². The number of carbonyl (C=O) groups is 3. The van der Waals surface area contributed by atoms with E-state index in [0.717, 1.165) is 0 Å². The Morgan fingerprint density at radius 3 is 2.64 bits per heavy atom. The highest BCUT2D eigenvalue weighted by molar-refractivity contribution is 6.31. The first kappa shape index (κ1) is 38.7. The molecule has 3 aliphatic rings. The van der Waals surface area contributed by atoms with Gasteiger partial charge < -0.3 is 49.6 Å². The standard InChI is InChI=1S/C38H42N6O12/c1-16(2)44-15-41-29-35(44)42-37(43-36(29)52)40-10-6-9-39-20-11-24(55-17(3)30(20)47)56-22-13-38(53,23(46)14-45)12-19-26(22)34(51)28-27(32(19)49)31(48)18-7-5-8-21(54-4)25(18)33(28)50/h5,7-9,15-17,20,22,24,30,45,47,49,51,53H,6,10-14H2,1-4H3,(H2,40,42,43,52)/b39-9+/t17?,20?,22-,24?,30?,38-/m0/s1. The minimum atomic E-state index is -2.31. The molecule has 4 unspecified atom stereocenters. The zero-order chi connectivity index (χ0) is 40.2. The number of hydrogen-bond donors (Lipinski definition) is 7. The molecule has 0 bridgehead atoms. The summed E-state index contributed by atoms with van der Waals surface area (Å²) in [6, 6.07) is 3.63. The quantitative estimate of drug-likeness (QED) is 0.0571. The van der Waals surface area contributed by atoms with Crippen LogP contribution in [-0.4, -0.2) is 119 Å². The van der Waals surface area contributed by atoms with Crippen molar-refractivity contribution < 1.29 is 54.1 Å². The molecule has 6 atom stereocenters. The number of aliphatic hydroxyl groups excluding tert-OH is 2. The van der Waals surface area contributed by atoms with Gasteiger partial charge in [-0.1, -0.05) is 12.1 Å². The number of ether oxygens (including phenoxy) is 3.